The number of ketones is 1. The zero-order chi connectivity index (χ0) is 33.5. The third-order valence-electron chi connectivity index (χ3n) is 7.29. The number of phenols is 1. The van der Waals surface area contributed by atoms with E-state index in [4.69, 9.17) is 4.42 Å². The molecule has 1 heterocycles. The van der Waals surface area contributed by atoms with Crippen molar-refractivity contribution in [2.24, 2.45) is 0 Å². The summed E-state index contributed by atoms with van der Waals surface area (Å²) >= 11 is 0. The van der Waals surface area contributed by atoms with Crippen LogP contribution in [0.4, 0.5) is 17.1 Å². The molecule has 1 aromatic heterocycles. The van der Waals surface area contributed by atoms with Gasteiger partial charge in [-0.1, -0.05) is 39.1 Å². The third kappa shape index (κ3) is 8.44. The molecule has 0 saturated heterocycles. The third-order valence-corrected chi connectivity index (χ3v) is 7.29. The fourth-order valence-electron chi connectivity index (χ4n) is 4.91. The minimum Gasteiger partial charge on any atom is -0.507 e. The zero-order valence-electron chi connectivity index (χ0n) is 25.1. The van der Waals surface area contributed by atoms with Crippen LogP contribution in [0.25, 0.3) is 32.5 Å². The van der Waals surface area contributed by atoms with Crippen LogP contribution in [-0.2, 0) is 0 Å². The number of hydrogen-bond acceptors (Lipinski definition) is 9. The molecule has 0 unspecified atom stereocenters. The van der Waals surface area contributed by atoms with Crippen LogP contribution in [0.2, 0.25) is 0 Å². The van der Waals surface area contributed by atoms with Gasteiger partial charge in [0.15, 0.2) is 12.1 Å². The van der Waals surface area contributed by atoms with Gasteiger partial charge in [0.2, 0.25) is 0 Å². The summed E-state index contributed by atoms with van der Waals surface area (Å²) in [5.41, 5.74) is 1.70. The van der Waals surface area contributed by atoms with Gasteiger partial charge in [0, 0.05) is 47.5 Å². The Morgan fingerprint density at radius 1 is 0.776 bits per heavy atom. The number of nitro groups is 1. The Hall–Kier alpha value is -6.55. The lowest BCUT2D eigenvalue weighted by Gasteiger charge is -2.07. The van der Waals surface area contributed by atoms with Crippen molar-refractivity contribution >= 4 is 61.6 Å². The molecular weight excluding hydrogens is 622 g/mol. The molecule has 49 heavy (non-hydrogen) atoms. The van der Waals surface area contributed by atoms with Crippen molar-refractivity contribution in [2.45, 2.75) is 14.9 Å². The van der Waals surface area contributed by atoms with Crippen molar-refractivity contribution in [1.29, 1.82) is 0 Å². The lowest BCUT2D eigenvalue weighted by Crippen LogP contribution is -2.14. The number of benzene rings is 5. The van der Waals surface area contributed by atoms with Crippen molar-refractivity contribution in [3.8, 4) is 5.75 Å². The second kappa shape index (κ2) is 16.3. The summed E-state index contributed by atoms with van der Waals surface area (Å²) in [7, 11) is 0. The van der Waals surface area contributed by atoms with Crippen LogP contribution in [0, 0.1) is 10.1 Å². The molecule has 0 atom stereocenters. The lowest BCUT2D eigenvalue weighted by molar-refractivity contribution is -0.384. The van der Waals surface area contributed by atoms with Crippen LogP contribution in [0.3, 0.4) is 0 Å². The topological polar surface area (TPSA) is 152 Å². The average Bonchev–Trinajstić information content (AvgIpc) is 3.08. The Bertz CT molecular complexity index is 2240. The number of rotatable bonds is 10. The summed E-state index contributed by atoms with van der Waals surface area (Å²) in [5.74, 6) is -0.544. The molecule has 0 amide bonds. The molecule has 0 aliphatic heterocycles. The van der Waals surface area contributed by atoms with Gasteiger partial charge in [-0.15, -0.1) is 13.2 Å². The zero-order valence-corrected chi connectivity index (χ0v) is 25.1. The van der Waals surface area contributed by atoms with E-state index in [2.05, 4.69) is 23.8 Å². The van der Waals surface area contributed by atoms with Crippen LogP contribution in [0.5, 0.6) is 5.75 Å². The molecule has 0 radical (unpaired) electrons. The molecule has 6 rings (SSSR count). The van der Waals surface area contributed by atoms with Gasteiger partial charge in [0.05, 0.1) is 10.5 Å². The standard InChI is InChI=1S/C23H16N2O5.C14H13NO2.2CH4/c1-2-9-24-18-6-3-15-10-17-12-20(23(27)30-21(17)13-16(15)11-18)22(26)14-4-7-19(8-5-14)25(28)29;1-2-5-15-13-4-3-10-6-12(9-16)14(17)8-11(10)7-13;;/h2-8,10-13,24H,1,9H2;2-4,6-9,15,17H,1,5H2;2*1H4. The fourth-order valence-corrected chi connectivity index (χ4v) is 4.91. The molecule has 6 aromatic rings. The number of nitrogens with zero attached hydrogens (tertiary/aromatic N) is 1. The van der Waals surface area contributed by atoms with Crippen molar-refractivity contribution in [3.05, 3.63) is 154 Å². The molecule has 250 valence electrons. The molecule has 0 fully saturated rings. The monoisotopic (exact) mass is 659 g/mol. The highest BCUT2D eigenvalue weighted by molar-refractivity contribution is 6.10. The number of carbonyl (C=O) groups is 2. The minimum atomic E-state index is -0.758. The Labute approximate surface area is 283 Å². The van der Waals surface area contributed by atoms with Gasteiger partial charge in [-0.05, 0) is 88.3 Å². The molecule has 5 aromatic carbocycles. The highest BCUT2D eigenvalue weighted by Gasteiger charge is 2.17. The second-order valence-electron chi connectivity index (χ2n) is 10.5. The number of nitro benzene ring substituents is 1. The van der Waals surface area contributed by atoms with Crippen LogP contribution in [0.1, 0.15) is 41.1 Å². The number of anilines is 2. The molecule has 3 N–H and O–H groups in total. The van der Waals surface area contributed by atoms with Crippen LogP contribution in [0.15, 0.2) is 126 Å². The molecule has 0 aliphatic carbocycles. The molecule has 0 bridgehead atoms. The Kier molecular flexibility index (Phi) is 12.3. The van der Waals surface area contributed by atoms with Crippen LogP contribution < -0.4 is 16.3 Å². The van der Waals surface area contributed by atoms with Crippen molar-refractivity contribution in [1.82, 2.24) is 0 Å². The average molecular weight is 660 g/mol. The Morgan fingerprint density at radius 3 is 1.90 bits per heavy atom. The molecule has 0 spiro atoms. The summed E-state index contributed by atoms with van der Waals surface area (Å²) in [5, 5.41) is 31.0. The van der Waals surface area contributed by atoms with E-state index >= 15 is 0 Å². The van der Waals surface area contributed by atoms with E-state index in [-0.39, 0.29) is 37.4 Å². The highest BCUT2D eigenvalue weighted by Crippen LogP contribution is 2.27. The quantitative estimate of drug-likeness (QED) is 0.0249. The smallest absolute Gasteiger partial charge is 0.347 e. The Balaban J connectivity index is 0.000000293. The molecule has 10 heteroatoms. The number of phenolic OH excluding ortho intramolecular Hbond substituents is 1. The summed E-state index contributed by atoms with van der Waals surface area (Å²) in [6, 6.07) is 25.0. The van der Waals surface area contributed by atoms with E-state index in [0.717, 1.165) is 32.9 Å². The van der Waals surface area contributed by atoms with E-state index in [1.54, 1.807) is 30.4 Å². The first-order valence-corrected chi connectivity index (χ1v) is 14.4. The number of non-ortho nitro benzene ring substituents is 1. The van der Waals surface area contributed by atoms with Crippen LogP contribution in [-0.4, -0.2) is 35.2 Å². The molecule has 10 nitrogen and oxygen atoms in total. The van der Waals surface area contributed by atoms with Crippen molar-refractivity contribution in [3.63, 3.8) is 0 Å². The predicted molar refractivity (Wildman–Crippen MR) is 198 cm³/mol. The first-order valence-electron chi connectivity index (χ1n) is 14.4. The normalized spacial score (nSPS) is 10.1. The van der Waals surface area contributed by atoms with Gasteiger partial charge in [0.1, 0.15) is 16.9 Å². The van der Waals surface area contributed by atoms with E-state index in [0.29, 0.717) is 35.9 Å². The molecule has 0 saturated carbocycles. The fraction of sp³-hybridized carbons (Fsp3) is 0.103. The predicted octanol–water partition coefficient (Wildman–Crippen LogP) is 8.91. The van der Waals surface area contributed by atoms with E-state index in [1.807, 2.05) is 42.5 Å². The van der Waals surface area contributed by atoms with Gasteiger partial charge < -0.3 is 20.2 Å². The largest absolute Gasteiger partial charge is 0.507 e. The summed E-state index contributed by atoms with van der Waals surface area (Å²) < 4.78 is 5.41. The number of aldehydes is 1. The first-order chi connectivity index (χ1) is 22.7. The second-order valence-corrected chi connectivity index (χ2v) is 10.5. The summed E-state index contributed by atoms with van der Waals surface area (Å²) in [4.78, 5) is 46.1. The van der Waals surface area contributed by atoms with Gasteiger partial charge in [-0.2, -0.15) is 0 Å². The maximum Gasteiger partial charge on any atom is 0.347 e. The summed E-state index contributed by atoms with van der Waals surface area (Å²) in [6.45, 7) is 8.62. The highest BCUT2D eigenvalue weighted by atomic mass is 16.6. The van der Waals surface area contributed by atoms with Gasteiger partial charge >= 0.3 is 5.63 Å². The van der Waals surface area contributed by atoms with Crippen molar-refractivity contribution in [2.75, 3.05) is 23.7 Å². The number of carbonyl (C=O) groups excluding carboxylic acids is 2. The summed E-state index contributed by atoms with van der Waals surface area (Å²) in [6.07, 6.45) is 4.18. The number of aromatic hydroxyl groups is 1. The number of nitrogens with one attached hydrogen (secondary N) is 2. The maximum absolute atomic E-state index is 12.8. The van der Waals surface area contributed by atoms with E-state index in [9.17, 15) is 29.6 Å². The van der Waals surface area contributed by atoms with Gasteiger partial charge in [0.25, 0.3) is 5.69 Å². The number of fused-ring (bicyclic) bond motifs is 3. The van der Waals surface area contributed by atoms with Gasteiger partial charge in [-0.3, -0.25) is 19.7 Å². The maximum atomic E-state index is 12.8. The molecule has 0 aliphatic rings. The minimum absolute atomic E-state index is 0. The SMILES string of the molecule is C.C.C=CCNc1ccc2cc(C=O)c(O)cc2c1.C=CCNc1ccc2cc3cc(C(=O)c4ccc([N+](=O)[O-])cc4)c(=O)oc3cc2c1. The van der Waals surface area contributed by atoms with E-state index < -0.39 is 16.3 Å². The lowest BCUT2D eigenvalue weighted by atomic mass is 10.0. The molecular formula is C39H37N3O7. The van der Waals surface area contributed by atoms with E-state index in [1.165, 1.54) is 30.3 Å². The van der Waals surface area contributed by atoms with Crippen molar-refractivity contribution < 1.29 is 24.0 Å². The van der Waals surface area contributed by atoms with Crippen LogP contribution >= 0.6 is 0 Å². The van der Waals surface area contributed by atoms with Gasteiger partial charge in [-0.25, -0.2) is 4.79 Å². The number of hydrogen-bond donors (Lipinski definition) is 3. The first kappa shape index (κ1) is 36.9. The Morgan fingerprint density at radius 2 is 1.35 bits per heavy atom.